The van der Waals surface area contributed by atoms with E-state index in [-0.39, 0.29) is 10.5 Å². The minimum Gasteiger partial charge on any atom is -0.478 e. The molecule has 1 heterocycles. The molecule has 0 unspecified atom stereocenters. The monoisotopic (exact) mass is 284 g/mol. The highest BCUT2D eigenvalue weighted by Crippen LogP contribution is 2.27. The van der Waals surface area contributed by atoms with Gasteiger partial charge in [0, 0.05) is 13.2 Å². The first kappa shape index (κ1) is 14.0. The van der Waals surface area contributed by atoms with E-state index < -0.39 is 21.1 Å². The van der Waals surface area contributed by atoms with Gasteiger partial charge in [0.1, 0.15) is 0 Å². The van der Waals surface area contributed by atoms with Gasteiger partial charge in [0.15, 0.2) is 9.84 Å². The summed E-state index contributed by atoms with van der Waals surface area (Å²) in [5, 5.41) is 8.57. The number of ether oxygens (including phenoxy) is 1. The topological polar surface area (TPSA) is 80.7 Å². The number of hydrogen-bond acceptors (Lipinski definition) is 4. The van der Waals surface area contributed by atoms with E-state index in [1.807, 2.05) is 0 Å². The summed E-state index contributed by atoms with van der Waals surface area (Å²) in [7, 11) is -3.49. The van der Waals surface area contributed by atoms with Gasteiger partial charge in [-0.2, -0.15) is 0 Å². The Bertz CT molecular complexity index is 585. The van der Waals surface area contributed by atoms with Crippen LogP contribution >= 0.6 is 0 Å². The molecule has 5 nitrogen and oxygen atoms in total. The van der Waals surface area contributed by atoms with Gasteiger partial charge < -0.3 is 9.84 Å². The second-order valence-corrected chi connectivity index (χ2v) is 6.79. The van der Waals surface area contributed by atoms with Crippen LogP contribution in [0.15, 0.2) is 23.1 Å². The molecule has 0 atom stereocenters. The maximum Gasteiger partial charge on any atom is 0.335 e. The van der Waals surface area contributed by atoms with Crippen molar-refractivity contribution >= 4 is 15.8 Å². The summed E-state index contributed by atoms with van der Waals surface area (Å²) in [5.41, 5.74) is 0.342. The lowest BCUT2D eigenvalue weighted by atomic mass is 10.1. The first-order chi connectivity index (χ1) is 8.94. The van der Waals surface area contributed by atoms with Gasteiger partial charge in [-0.25, -0.2) is 13.2 Å². The van der Waals surface area contributed by atoms with Crippen LogP contribution in [0.2, 0.25) is 0 Å². The Morgan fingerprint density at radius 2 is 1.95 bits per heavy atom. The normalized spacial score (nSPS) is 17.3. The highest BCUT2D eigenvalue weighted by atomic mass is 32.2. The van der Waals surface area contributed by atoms with Crippen LogP contribution in [0.1, 0.15) is 28.8 Å². The molecule has 104 valence electrons. The number of hydrogen-bond donors (Lipinski definition) is 1. The Morgan fingerprint density at radius 1 is 1.32 bits per heavy atom. The highest BCUT2D eigenvalue weighted by Gasteiger charge is 2.31. The van der Waals surface area contributed by atoms with Crippen molar-refractivity contribution in [2.45, 2.75) is 29.9 Å². The molecule has 1 saturated heterocycles. The van der Waals surface area contributed by atoms with E-state index in [2.05, 4.69) is 0 Å². The number of sulfone groups is 1. The van der Waals surface area contributed by atoms with Gasteiger partial charge in [-0.15, -0.1) is 0 Å². The fraction of sp³-hybridized carbons (Fsp3) is 0.462. The number of rotatable bonds is 3. The summed E-state index contributed by atoms with van der Waals surface area (Å²) in [6, 6.07) is 4.37. The van der Waals surface area contributed by atoms with Gasteiger partial charge in [-0.1, -0.05) is 6.07 Å². The summed E-state index contributed by atoms with van der Waals surface area (Å²) in [6.07, 6.45) is 0.915. The first-order valence-electron chi connectivity index (χ1n) is 6.09. The second-order valence-electron chi connectivity index (χ2n) is 4.59. The van der Waals surface area contributed by atoms with E-state index in [0.717, 1.165) is 0 Å². The van der Waals surface area contributed by atoms with Crippen molar-refractivity contribution in [3.63, 3.8) is 0 Å². The molecule has 1 aromatic rings. The van der Waals surface area contributed by atoms with Crippen LogP contribution in [-0.2, 0) is 14.6 Å². The average molecular weight is 284 g/mol. The third kappa shape index (κ3) is 2.64. The van der Waals surface area contributed by atoms with Crippen LogP contribution in [0, 0.1) is 6.92 Å². The van der Waals surface area contributed by atoms with Crippen LogP contribution in [0.3, 0.4) is 0 Å². The summed E-state index contributed by atoms with van der Waals surface area (Å²) in [6.45, 7) is 2.40. The van der Waals surface area contributed by atoms with E-state index in [1.165, 1.54) is 25.1 Å². The van der Waals surface area contributed by atoms with Crippen LogP contribution in [0.25, 0.3) is 0 Å². The summed E-state index contributed by atoms with van der Waals surface area (Å²) < 4.78 is 30.2. The van der Waals surface area contributed by atoms with Crippen LogP contribution in [0.5, 0.6) is 0 Å². The van der Waals surface area contributed by atoms with E-state index in [1.54, 1.807) is 0 Å². The fourth-order valence-electron chi connectivity index (χ4n) is 2.32. The quantitative estimate of drug-likeness (QED) is 0.912. The number of carbonyl (C=O) groups is 1. The van der Waals surface area contributed by atoms with Crippen LogP contribution in [-0.4, -0.2) is 38.0 Å². The minimum atomic E-state index is -3.49. The molecule has 1 fully saturated rings. The zero-order valence-electron chi connectivity index (χ0n) is 10.6. The molecular weight excluding hydrogens is 268 g/mol. The fourth-order valence-corrected chi connectivity index (χ4v) is 4.30. The third-order valence-electron chi connectivity index (χ3n) is 3.43. The van der Waals surface area contributed by atoms with Crippen molar-refractivity contribution in [3.8, 4) is 0 Å². The van der Waals surface area contributed by atoms with E-state index in [4.69, 9.17) is 9.84 Å². The van der Waals surface area contributed by atoms with Crippen molar-refractivity contribution in [2.75, 3.05) is 13.2 Å². The highest BCUT2D eigenvalue weighted by molar-refractivity contribution is 7.92. The van der Waals surface area contributed by atoms with Gasteiger partial charge in [0.2, 0.25) is 0 Å². The molecule has 1 aliphatic rings. The number of carboxylic acids is 1. The summed E-state index contributed by atoms with van der Waals surface area (Å²) in [4.78, 5) is 11.2. The van der Waals surface area contributed by atoms with E-state index in [9.17, 15) is 13.2 Å². The number of benzene rings is 1. The maximum atomic E-state index is 12.5. The molecule has 0 saturated carbocycles. The molecule has 6 heteroatoms. The van der Waals surface area contributed by atoms with E-state index in [0.29, 0.717) is 31.6 Å². The molecule has 0 radical (unpaired) electrons. The average Bonchev–Trinajstić information content (AvgIpc) is 2.39. The van der Waals surface area contributed by atoms with Gasteiger partial charge in [-0.05, 0) is 37.5 Å². The molecular formula is C13H16O5S. The van der Waals surface area contributed by atoms with Crippen molar-refractivity contribution in [1.82, 2.24) is 0 Å². The van der Waals surface area contributed by atoms with Gasteiger partial charge in [-0.3, -0.25) is 0 Å². The Morgan fingerprint density at radius 3 is 2.53 bits per heavy atom. The van der Waals surface area contributed by atoms with Gasteiger partial charge in [0.25, 0.3) is 0 Å². The van der Waals surface area contributed by atoms with Crippen molar-refractivity contribution in [3.05, 3.63) is 29.3 Å². The largest absolute Gasteiger partial charge is 0.478 e. The minimum absolute atomic E-state index is 0.0353. The Balaban J connectivity index is 2.46. The predicted molar refractivity (Wildman–Crippen MR) is 69.2 cm³/mol. The number of aromatic carboxylic acids is 1. The number of carboxylic acid groups (broad SMARTS) is 1. The molecule has 0 aromatic heterocycles. The molecule has 1 aromatic carbocycles. The Labute approximate surface area is 112 Å². The van der Waals surface area contributed by atoms with Crippen LogP contribution < -0.4 is 0 Å². The van der Waals surface area contributed by atoms with Gasteiger partial charge in [0.05, 0.1) is 15.7 Å². The molecule has 0 amide bonds. The molecule has 0 spiro atoms. The molecule has 0 bridgehead atoms. The zero-order chi connectivity index (χ0) is 14.0. The lowest BCUT2D eigenvalue weighted by Gasteiger charge is -2.23. The smallest absolute Gasteiger partial charge is 0.335 e. The summed E-state index contributed by atoms with van der Waals surface area (Å²) >= 11 is 0. The first-order valence-corrected chi connectivity index (χ1v) is 7.64. The SMILES string of the molecule is Cc1c(C(=O)O)cccc1S(=O)(=O)C1CCOCC1. The van der Waals surface area contributed by atoms with Crippen molar-refractivity contribution < 1.29 is 23.1 Å². The Kier molecular flexibility index (Phi) is 3.91. The zero-order valence-corrected chi connectivity index (χ0v) is 11.4. The third-order valence-corrected chi connectivity index (χ3v) is 5.83. The van der Waals surface area contributed by atoms with Crippen molar-refractivity contribution in [1.29, 1.82) is 0 Å². The molecule has 1 aliphatic heterocycles. The predicted octanol–water partition coefficient (Wildman–Crippen LogP) is 1.65. The molecule has 0 aliphatic carbocycles. The van der Waals surface area contributed by atoms with Crippen LogP contribution in [0.4, 0.5) is 0 Å². The maximum absolute atomic E-state index is 12.5. The molecule has 1 N–H and O–H groups in total. The lowest BCUT2D eigenvalue weighted by molar-refractivity contribution is 0.0695. The second kappa shape index (κ2) is 5.30. The van der Waals surface area contributed by atoms with Gasteiger partial charge >= 0.3 is 5.97 Å². The lowest BCUT2D eigenvalue weighted by Crippen LogP contribution is -2.29. The standard InChI is InChI=1S/C13H16O5S/c1-9-11(13(14)15)3-2-4-12(9)19(16,17)10-5-7-18-8-6-10/h2-4,10H,5-8H2,1H3,(H,14,15). The molecule has 19 heavy (non-hydrogen) atoms. The molecule has 2 rings (SSSR count). The van der Waals surface area contributed by atoms with E-state index >= 15 is 0 Å². The van der Waals surface area contributed by atoms with Crippen molar-refractivity contribution in [2.24, 2.45) is 0 Å². The Hall–Kier alpha value is -1.40. The summed E-state index contributed by atoms with van der Waals surface area (Å²) in [5.74, 6) is -1.11.